The summed E-state index contributed by atoms with van der Waals surface area (Å²) in [4.78, 5) is 12.0. The second-order valence-corrected chi connectivity index (χ2v) is 4.64. The number of methoxy groups -OCH3 is 1. The lowest BCUT2D eigenvalue weighted by Gasteiger charge is -2.11. The van der Waals surface area contributed by atoms with E-state index >= 15 is 0 Å². The molecule has 1 aromatic rings. The topological polar surface area (TPSA) is 46.5 Å². The molecule has 1 rings (SSSR count). The lowest BCUT2D eigenvalue weighted by Crippen LogP contribution is -2.02. The number of ether oxygens (including phenoxy) is 1. The number of carboxylic acid groups (broad SMARTS) is 1. The van der Waals surface area contributed by atoms with Crippen LogP contribution in [0.5, 0.6) is 0 Å². The number of benzene rings is 1. The summed E-state index contributed by atoms with van der Waals surface area (Å²) in [7, 11) is 1.66. The van der Waals surface area contributed by atoms with Crippen molar-refractivity contribution >= 4 is 17.7 Å². The molecule has 16 heavy (non-hydrogen) atoms. The number of hydrogen-bond acceptors (Lipinski definition) is 3. The molecule has 3 nitrogen and oxygen atoms in total. The van der Waals surface area contributed by atoms with Crippen molar-refractivity contribution in [1.82, 2.24) is 0 Å². The summed E-state index contributed by atoms with van der Waals surface area (Å²) in [5, 5.41) is 9.02. The summed E-state index contributed by atoms with van der Waals surface area (Å²) >= 11 is 1.64. The average Bonchev–Trinajstić information content (AvgIpc) is 2.22. The first-order chi connectivity index (χ1) is 7.57. The third-order valence-corrected chi connectivity index (χ3v) is 3.65. The molecular formula is C12H16O3S. The highest BCUT2D eigenvalue weighted by atomic mass is 32.2. The van der Waals surface area contributed by atoms with Gasteiger partial charge in [0.25, 0.3) is 0 Å². The van der Waals surface area contributed by atoms with Crippen LogP contribution in [0.2, 0.25) is 0 Å². The predicted molar refractivity (Wildman–Crippen MR) is 65.5 cm³/mol. The minimum Gasteiger partial charge on any atom is -0.478 e. The van der Waals surface area contributed by atoms with E-state index in [2.05, 4.69) is 0 Å². The second-order valence-electron chi connectivity index (χ2n) is 3.53. The van der Waals surface area contributed by atoms with Gasteiger partial charge in [0.1, 0.15) is 0 Å². The van der Waals surface area contributed by atoms with Gasteiger partial charge in [-0.1, -0.05) is 6.07 Å². The highest BCUT2D eigenvalue weighted by Gasteiger charge is 2.12. The Morgan fingerprint density at radius 3 is 2.69 bits per heavy atom. The van der Waals surface area contributed by atoms with Gasteiger partial charge in [-0.15, -0.1) is 11.8 Å². The van der Waals surface area contributed by atoms with Gasteiger partial charge < -0.3 is 9.84 Å². The van der Waals surface area contributed by atoms with E-state index in [-0.39, 0.29) is 0 Å². The van der Waals surface area contributed by atoms with Gasteiger partial charge in [0.05, 0.1) is 12.2 Å². The van der Waals surface area contributed by atoms with Crippen LogP contribution in [0.4, 0.5) is 0 Å². The molecule has 0 fully saturated rings. The summed E-state index contributed by atoms with van der Waals surface area (Å²) in [5.41, 5.74) is 2.34. The molecule has 0 saturated heterocycles. The van der Waals surface area contributed by atoms with Gasteiger partial charge in [0, 0.05) is 17.8 Å². The highest BCUT2D eigenvalue weighted by molar-refractivity contribution is 7.99. The number of aromatic carboxylic acids is 1. The van der Waals surface area contributed by atoms with E-state index in [1.54, 1.807) is 24.9 Å². The first-order valence-corrected chi connectivity index (χ1v) is 6.01. The molecule has 88 valence electrons. The molecule has 0 atom stereocenters. The lowest BCUT2D eigenvalue weighted by molar-refractivity contribution is 0.0696. The van der Waals surface area contributed by atoms with Crippen LogP contribution < -0.4 is 0 Å². The van der Waals surface area contributed by atoms with Gasteiger partial charge in [-0.3, -0.25) is 0 Å². The van der Waals surface area contributed by atoms with Crippen molar-refractivity contribution in [1.29, 1.82) is 0 Å². The van der Waals surface area contributed by atoms with Crippen molar-refractivity contribution in [2.24, 2.45) is 0 Å². The highest BCUT2D eigenvalue weighted by Crippen LogP contribution is 2.28. The minimum absolute atomic E-state index is 0.380. The fourth-order valence-electron chi connectivity index (χ4n) is 1.51. The molecule has 0 unspecified atom stereocenters. The van der Waals surface area contributed by atoms with E-state index in [9.17, 15) is 4.79 Å². The van der Waals surface area contributed by atoms with Crippen molar-refractivity contribution in [3.63, 3.8) is 0 Å². The fraction of sp³-hybridized carbons (Fsp3) is 0.417. The zero-order valence-electron chi connectivity index (χ0n) is 9.74. The van der Waals surface area contributed by atoms with Gasteiger partial charge in [-0.05, 0) is 31.0 Å². The summed E-state index contributed by atoms with van der Waals surface area (Å²) in [6, 6.07) is 3.51. The molecule has 0 heterocycles. The molecule has 1 aromatic carbocycles. The van der Waals surface area contributed by atoms with E-state index in [0.717, 1.165) is 21.8 Å². The second kappa shape index (κ2) is 5.92. The minimum atomic E-state index is -0.869. The van der Waals surface area contributed by atoms with Gasteiger partial charge >= 0.3 is 5.97 Å². The van der Waals surface area contributed by atoms with Gasteiger partial charge in [0.15, 0.2) is 0 Å². The fourth-order valence-corrected chi connectivity index (χ4v) is 2.58. The van der Waals surface area contributed by atoms with Crippen molar-refractivity contribution in [3.8, 4) is 0 Å². The van der Waals surface area contributed by atoms with E-state index < -0.39 is 5.97 Å². The van der Waals surface area contributed by atoms with Crippen LogP contribution in [0.25, 0.3) is 0 Å². The number of hydrogen-bond donors (Lipinski definition) is 1. The maximum Gasteiger partial charge on any atom is 0.335 e. The van der Waals surface area contributed by atoms with Crippen LogP contribution in [0, 0.1) is 13.8 Å². The largest absolute Gasteiger partial charge is 0.478 e. The Balaban J connectivity index is 2.97. The SMILES string of the molecule is COCCSc1c(C)ccc(C(=O)O)c1C. The number of thioether (sulfide) groups is 1. The smallest absolute Gasteiger partial charge is 0.335 e. The predicted octanol–water partition coefficient (Wildman–Crippen LogP) is 2.74. The Kier molecular flexibility index (Phi) is 4.83. The van der Waals surface area contributed by atoms with Crippen molar-refractivity contribution in [2.45, 2.75) is 18.7 Å². The van der Waals surface area contributed by atoms with Gasteiger partial charge in [0.2, 0.25) is 0 Å². The zero-order valence-corrected chi connectivity index (χ0v) is 10.6. The molecule has 4 heteroatoms. The van der Waals surface area contributed by atoms with E-state index in [0.29, 0.717) is 12.2 Å². The first-order valence-electron chi connectivity index (χ1n) is 5.03. The van der Waals surface area contributed by atoms with Crippen LogP contribution in [-0.4, -0.2) is 30.5 Å². The van der Waals surface area contributed by atoms with E-state index in [1.807, 2.05) is 19.9 Å². The summed E-state index contributed by atoms with van der Waals surface area (Å²) in [6.07, 6.45) is 0. The molecular weight excluding hydrogens is 224 g/mol. The number of carbonyl (C=O) groups is 1. The molecule has 0 aromatic heterocycles. The molecule has 0 amide bonds. The maximum absolute atomic E-state index is 11.0. The van der Waals surface area contributed by atoms with Crippen LogP contribution in [0.3, 0.4) is 0 Å². The third-order valence-electron chi connectivity index (χ3n) is 2.37. The normalized spacial score (nSPS) is 10.4. The molecule has 0 bridgehead atoms. The Morgan fingerprint density at radius 1 is 1.44 bits per heavy atom. The van der Waals surface area contributed by atoms with Crippen LogP contribution in [0.1, 0.15) is 21.5 Å². The maximum atomic E-state index is 11.0. The van der Waals surface area contributed by atoms with Gasteiger partial charge in [-0.25, -0.2) is 4.79 Å². The quantitative estimate of drug-likeness (QED) is 0.635. The number of aryl methyl sites for hydroxylation is 1. The van der Waals surface area contributed by atoms with Crippen LogP contribution >= 0.6 is 11.8 Å². The third kappa shape index (κ3) is 3.00. The molecule has 0 spiro atoms. The van der Waals surface area contributed by atoms with Crippen LogP contribution in [-0.2, 0) is 4.74 Å². The Labute approximate surface area is 99.8 Å². The molecule has 0 aliphatic carbocycles. The Bertz CT molecular complexity index is 388. The van der Waals surface area contributed by atoms with Crippen molar-refractivity contribution in [2.75, 3.05) is 19.5 Å². The number of rotatable bonds is 5. The number of carboxylic acids is 1. The summed E-state index contributed by atoms with van der Waals surface area (Å²) < 4.78 is 4.98. The lowest BCUT2D eigenvalue weighted by atomic mass is 10.1. The monoisotopic (exact) mass is 240 g/mol. The van der Waals surface area contributed by atoms with E-state index in [4.69, 9.17) is 9.84 Å². The van der Waals surface area contributed by atoms with Gasteiger partial charge in [-0.2, -0.15) is 0 Å². The summed E-state index contributed by atoms with van der Waals surface area (Å²) in [6.45, 7) is 4.51. The molecule has 0 radical (unpaired) electrons. The Morgan fingerprint density at radius 2 is 2.12 bits per heavy atom. The first kappa shape index (κ1) is 13.1. The van der Waals surface area contributed by atoms with E-state index in [1.165, 1.54) is 0 Å². The molecule has 0 aliphatic heterocycles. The standard InChI is InChI=1S/C12H16O3S/c1-8-4-5-10(12(13)14)9(2)11(8)16-7-6-15-3/h4-5H,6-7H2,1-3H3,(H,13,14). The molecule has 1 N–H and O–H groups in total. The average molecular weight is 240 g/mol. The molecule has 0 aliphatic rings. The molecule has 0 saturated carbocycles. The van der Waals surface area contributed by atoms with Crippen LogP contribution in [0.15, 0.2) is 17.0 Å². The summed E-state index contributed by atoms with van der Waals surface area (Å²) in [5.74, 6) is -0.0348. The van der Waals surface area contributed by atoms with Crippen molar-refractivity contribution < 1.29 is 14.6 Å². The Hall–Kier alpha value is -1.00. The van der Waals surface area contributed by atoms with Crippen molar-refractivity contribution in [3.05, 3.63) is 28.8 Å². The zero-order chi connectivity index (χ0) is 12.1.